The fraction of sp³-hybridized carbons (Fsp3) is 0.476. The number of hydrogen-bond acceptors (Lipinski definition) is 4. The molecule has 6 nitrogen and oxygen atoms in total. The van der Waals surface area contributed by atoms with E-state index in [9.17, 15) is 9.59 Å². The van der Waals surface area contributed by atoms with Gasteiger partial charge in [-0.3, -0.25) is 4.79 Å². The summed E-state index contributed by atoms with van der Waals surface area (Å²) in [4.78, 5) is 26.9. The van der Waals surface area contributed by atoms with Crippen molar-refractivity contribution in [2.45, 2.75) is 45.8 Å². The predicted octanol–water partition coefficient (Wildman–Crippen LogP) is 3.56. The molecule has 1 unspecified atom stereocenters. The van der Waals surface area contributed by atoms with E-state index < -0.39 is 5.60 Å². The summed E-state index contributed by atoms with van der Waals surface area (Å²) in [6.45, 7) is 7.37. The van der Waals surface area contributed by atoms with Crippen molar-refractivity contribution in [1.29, 1.82) is 0 Å². The lowest BCUT2D eigenvalue weighted by Gasteiger charge is -2.34. The first-order valence-electron chi connectivity index (χ1n) is 9.43. The van der Waals surface area contributed by atoms with E-state index in [0.717, 1.165) is 18.4 Å². The van der Waals surface area contributed by atoms with Gasteiger partial charge in [-0.1, -0.05) is 30.3 Å². The third-order valence-corrected chi connectivity index (χ3v) is 4.60. The zero-order chi connectivity index (χ0) is 19.4. The van der Waals surface area contributed by atoms with Gasteiger partial charge in [0.1, 0.15) is 5.60 Å². The minimum atomic E-state index is -0.507. The Balaban J connectivity index is 1.72. The number of ether oxygens (including phenoxy) is 1. The van der Waals surface area contributed by atoms with Gasteiger partial charge >= 0.3 is 6.09 Å². The van der Waals surface area contributed by atoms with E-state index in [4.69, 9.17) is 4.74 Å². The van der Waals surface area contributed by atoms with Crippen LogP contribution in [0.25, 0.3) is 11.1 Å². The van der Waals surface area contributed by atoms with Crippen molar-refractivity contribution in [3.8, 4) is 11.1 Å². The molecule has 0 radical (unpaired) electrons. The molecule has 1 atom stereocenters. The molecule has 144 valence electrons. The van der Waals surface area contributed by atoms with Gasteiger partial charge in [-0.25, -0.2) is 9.48 Å². The molecular formula is C21H27N3O3. The Hall–Kier alpha value is -2.63. The highest BCUT2D eigenvalue weighted by atomic mass is 16.6. The van der Waals surface area contributed by atoms with Crippen LogP contribution in [0.5, 0.6) is 0 Å². The Morgan fingerprint density at radius 3 is 2.67 bits per heavy atom. The Kier molecular flexibility index (Phi) is 5.63. The number of carbonyl (C=O) groups is 1. The number of nitrogens with zero attached hydrogens (tertiary/aromatic N) is 3. The van der Waals surface area contributed by atoms with Crippen molar-refractivity contribution in [2.75, 3.05) is 13.1 Å². The smallest absolute Gasteiger partial charge is 0.410 e. The first-order chi connectivity index (χ1) is 12.8. The highest BCUT2D eigenvalue weighted by Crippen LogP contribution is 2.21. The average molecular weight is 369 g/mol. The van der Waals surface area contributed by atoms with Gasteiger partial charge in [0, 0.05) is 25.8 Å². The minimum Gasteiger partial charge on any atom is -0.444 e. The van der Waals surface area contributed by atoms with E-state index in [1.165, 1.54) is 4.68 Å². The summed E-state index contributed by atoms with van der Waals surface area (Å²) in [7, 11) is 0. The van der Waals surface area contributed by atoms with Gasteiger partial charge in [-0.2, -0.15) is 5.10 Å². The molecule has 3 rings (SSSR count). The molecule has 1 saturated heterocycles. The predicted molar refractivity (Wildman–Crippen MR) is 104 cm³/mol. The van der Waals surface area contributed by atoms with Gasteiger partial charge in [0.25, 0.3) is 5.56 Å². The van der Waals surface area contributed by atoms with Crippen molar-refractivity contribution < 1.29 is 9.53 Å². The van der Waals surface area contributed by atoms with Crippen LogP contribution in [0.1, 0.15) is 33.6 Å². The van der Waals surface area contributed by atoms with E-state index in [-0.39, 0.29) is 17.6 Å². The van der Waals surface area contributed by atoms with E-state index in [1.54, 1.807) is 17.2 Å². The molecule has 1 aliphatic heterocycles. The van der Waals surface area contributed by atoms with Gasteiger partial charge in [0.05, 0.1) is 5.56 Å². The Bertz CT molecular complexity index is 840. The highest BCUT2D eigenvalue weighted by molar-refractivity contribution is 5.68. The van der Waals surface area contributed by atoms with Crippen LogP contribution in [0, 0.1) is 5.92 Å². The van der Waals surface area contributed by atoms with Crippen LogP contribution < -0.4 is 5.56 Å². The molecule has 1 aliphatic rings. The molecule has 1 amide bonds. The SMILES string of the molecule is CC(C)(C)OC(=O)N1CCCC(Cn2nccc(-c3ccccc3)c2=O)C1. The molecule has 1 aromatic carbocycles. The largest absolute Gasteiger partial charge is 0.444 e. The van der Waals surface area contributed by atoms with Crippen molar-refractivity contribution in [3.05, 3.63) is 52.9 Å². The molecule has 6 heteroatoms. The lowest BCUT2D eigenvalue weighted by atomic mass is 9.98. The highest BCUT2D eigenvalue weighted by Gasteiger charge is 2.28. The fourth-order valence-electron chi connectivity index (χ4n) is 3.37. The van der Waals surface area contributed by atoms with Gasteiger partial charge in [0.2, 0.25) is 0 Å². The van der Waals surface area contributed by atoms with Crippen LogP contribution in [0.2, 0.25) is 0 Å². The number of piperidine rings is 1. The maximum absolute atomic E-state index is 12.8. The number of likely N-dealkylation sites (tertiary alicyclic amines) is 1. The third kappa shape index (κ3) is 4.96. The van der Waals surface area contributed by atoms with Crippen LogP contribution in [-0.2, 0) is 11.3 Å². The molecule has 0 spiro atoms. The molecule has 2 aromatic rings. The quantitative estimate of drug-likeness (QED) is 0.830. The lowest BCUT2D eigenvalue weighted by Crippen LogP contribution is -2.44. The number of amides is 1. The molecular weight excluding hydrogens is 342 g/mol. The van der Waals surface area contributed by atoms with E-state index in [0.29, 0.717) is 25.2 Å². The second-order valence-corrected chi connectivity index (χ2v) is 8.03. The first-order valence-corrected chi connectivity index (χ1v) is 9.43. The zero-order valence-electron chi connectivity index (χ0n) is 16.2. The van der Waals surface area contributed by atoms with Crippen molar-refractivity contribution in [3.63, 3.8) is 0 Å². The van der Waals surface area contributed by atoms with Crippen LogP contribution in [0.3, 0.4) is 0 Å². The minimum absolute atomic E-state index is 0.0990. The summed E-state index contributed by atoms with van der Waals surface area (Å²) in [5.41, 5.74) is 0.924. The topological polar surface area (TPSA) is 64.4 Å². The molecule has 0 saturated carbocycles. The normalized spacial score (nSPS) is 17.6. The Morgan fingerprint density at radius 1 is 1.22 bits per heavy atom. The molecule has 0 N–H and O–H groups in total. The van der Waals surface area contributed by atoms with Crippen LogP contribution in [-0.4, -0.2) is 39.5 Å². The van der Waals surface area contributed by atoms with E-state index in [1.807, 2.05) is 51.1 Å². The third-order valence-electron chi connectivity index (χ3n) is 4.60. The summed E-state index contributed by atoms with van der Waals surface area (Å²) in [6, 6.07) is 11.4. The van der Waals surface area contributed by atoms with Gasteiger partial charge < -0.3 is 9.64 Å². The molecule has 2 heterocycles. The number of carbonyl (C=O) groups excluding carboxylic acids is 1. The van der Waals surface area contributed by atoms with E-state index >= 15 is 0 Å². The summed E-state index contributed by atoms with van der Waals surface area (Å²) in [6.07, 6.45) is 3.24. The Labute approximate surface area is 159 Å². The van der Waals surface area contributed by atoms with Crippen LogP contribution in [0.15, 0.2) is 47.4 Å². The molecule has 1 fully saturated rings. The lowest BCUT2D eigenvalue weighted by molar-refractivity contribution is 0.0154. The number of aromatic nitrogens is 2. The van der Waals surface area contributed by atoms with Gasteiger partial charge in [-0.05, 0) is 51.2 Å². The summed E-state index contributed by atoms with van der Waals surface area (Å²) >= 11 is 0. The standard InChI is InChI=1S/C21H27N3O3/c1-21(2,3)27-20(26)23-13-7-8-16(14-23)15-24-19(25)18(11-12-22-24)17-9-5-4-6-10-17/h4-6,9-12,16H,7-8,13-15H2,1-3H3. The summed E-state index contributed by atoms with van der Waals surface area (Å²) < 4.78 is 7.00. The fourth-order valence-corrected chi connectivity index (χ4v) is 3.37. The van der Waals surface area contributed by atoms with Gasteiger partial charge in [-0.15, -0.1) is 0 Å². The maximum atomic E-state index is 12.8. The molecule has 27 heavy (non-hydrogen) atoms. The molecule has 0 bridgehead atoms. The van der Waals surface area contributed by atoms with Crippen LogP contribution >= 0.6 is 0 Å². The number of hydrogen-bond donors (Lipinski definition) is 0. The first kappa shape index (κ1) is 19.1. The van der Waals surface area contributed by atoms with Crippen LogP contribution in [0.4, 0.5) is 4.79 Å². The monoisotopic (exact) mass is 369 g/mol. The zero-order valence-corrected chi connectivity index (χ0v) is 16.2. The Morgan fingerprint density at radius 2 is 1.96 bits per heavy atom. The second kappa shape index (κ2) is 7.94. The maximum Gasteiger partial charge on any atom is 0.410 e. The molecule has 0 aliphatic carbocycles. The number of rotatable bonds is 3. The summed E-state index contributed by atoms with van der Waals surface area (Å²) in [5, 5.41) is 4.26. The average Bonchev–Trinajstić information content (AvgIpc) is 2.63. The number of benzene rings is 1. The van der Waals surface area contributed by atoms with Crippen molar-refractivity contribution in [1.82, 2.24) is 14.7 Å². The van der Waals surface area contributed by atoms with Crippen molar-refractivity contribution >= 4 is 6.09 Å². The van der Waals surface area contributed by atoms with Crippen molar-refractivity contribution in [2.24, 2.45) is 5.92 Å². The second-order valence-electron chi connectivity index (χ2n) is 8.03. The molecule has 1 aromatic heterocycles. The summed E-state index contributed by atoms with van der Waals surface area (Å²) in [5.74, 6) is 0.183. The van der Waals surface area contributed by atoms with Gasteiger partial charge in [0.15, 0.2) is 0 Å². The van der Waals surface area contributed by atoms with E-state index in [2.05, 4.69) is 5.10 Å².